The highest BCUT2D eigenvalue weighted by molar-refractivity contribution is 5.71. The first-order valence-electron chi connectivity index (χ1n) is 29.3. The van der Waals surface area contributed by atoms with Crippen LogP contribution < -0.4 is 0 Å². The molecule has 6 heteroatoms. The summed E-state index contributed by atoms with van der Waals surface area (Å²) in [5.41, 5.74) is 0. The highest BCUT2D eigenvalue weighted by Crippen LogP contribution is 2.17. The molecule has 0 amide bonds. The molecule has 0 aliphatic rings. The monoisotopic (exact) mass is 929 g/mol. The third kappa shape index (κ3) is 52.9. The van der Waals surface area contributed by atoms with Gasteiger partial charge < -0.3 is 14.2 Å². The molecule has 0 aliphatic heterocycles. The molecule has 0 spiro atoms. The molecular formula is C60H112O6. The Kier molecular flexibility index (Phi) is 53.7. The van der Waals surface area contributed by atoms with E-state index in [0.717, 1.165) is 77.0 Å². The number of carbonyl (C=O) groups excluding carboxylic acids is 3. The number of carbonyl (C=O) groups is 3. The predicted octanol–water partition coefficient (Wildman–Crippen LogP) is 19.5. The fourth-order valence-electron chi connectivity index (χ4n) is 8.76. The summed E-state index contributed by atoms with van der Waals surface area (Å²) >= 11 is 0. The zero-order valence-electron chi connectivity index (χ0n) is 44.5. The van der Waals surface area contributed by atoms with Crippen molar-refractivity contribution in [1.29, 1.82) is 0 Å². The van der Waals surface area contributed by atoms with Gasteiger partial charge in [0.25, 0.3) is 0 Å². The Morgan fingerprint density at radius 1 is 0.303 bits per heavy atom. The van der Waals surface area contributed by atoms with Crippen LogP contribution in [0.15, 0.2) is 24.3 Å². The van der Waals surface area contributed by atoms with Crippen LogP contribution in [-0.4, -0.2) is 37.2 Å². The lowest BCUT2D eigenvalue weighted by atomic mass is 10.0. The lowest BCUT2D eigenvalue weighted by Crippen LogP contribution is -2.30. The second-order valence-corrected chi connectivity index (χ2v) is 19.9. The first kappa shape index (κ1) is 63.9. The highest BCUT2D eigenvalue weighted by Gasteiger charge is 2.19. The van der Waals surface area contributed by atoms with E-state index in [0.29, 0.717) is 19.3 Å². The summed E-state index contributed by atoms with van der Waals surface area (Å²) in [5, 5.41) is 0. The van der Waals surface area contributed by atoms with Gasteiger partial charge in [0.2, 0.25) is 0 Å². The zero-order chi connectivity index (χ0) is 47.9. The SMILES string of the molecule is CCCC/C=C\C/C=C\CCCCCCCC(=O)OC[C@H](COC(=O)CCCCCCCCCCCCCCCCCCCC)OC(=O)CCCCCCCCCCCCCCCCCC. The summed E-state index contributed by atoms with van der Waals surface area (Å²) in [6.07, 6.45) is 64.5. The molecule has 1 atom stereocenters. The summed E-state index contributed by atoms with van der Waals surface area (Å²) < 4.78 is 16.9. The van der Waals surface area contributed by atoms with Crippen molar-refractivity contribution in [3.05, 3.63) is 24.3 Å². The standard InChI is InChI=1S/C60H112O6/c1-4-7-10-13-16-19-22-25-28-30-31-33-35-38-41-44-47-50-53-59(62)65-56-57(55-64-58(61)52-49-46-43-40-37-34-27-24-21-18-15-12-9-6-3)66-60(63)54-51-48-45-42-39-36-32-29-26-23-20-17-14-11-8-5-2/h15,18,24,27,57H,4-14,16-17,19-23,25-26,28-56H2,1-3H3/b18-15-,27-24-/t57-/m1/s1. The molecule has 0 heterocycles. The van der Waals surface area contributed by atoms with Gasteiger partial charge in [0.05, 0.1) is 0 Å². The Bertz CT molecular complexity index is 1070. The second-order valence-electron chi connectivity index (χ2n) is 19.9. The number of hydrogen-bond acceptors (Lipinski definition) is 6. The smallest absolute Gasteiger partial charge is 0.306 e. The van der Waals surface area contributed by atoms with Crippen LogP contribution in [0.25, 0.3) is 0 Å². The molecule has 0 unspecified atom stereocenters. The van der Waals surface area contributed by atoms with Gasteiger partial charge in [0, 0.05) is 19.3 Å². The molecule has 66 heavy (non-hydrogen) atoms. The molecule has 388 valence electrons. The number of hydrogen-bond donors (Lipinski definition) is 0. The van der Waals surface area contributed by atoms with E-state index in [4.69, 9.17) is 14.2 Å². The van der Waals surface area contributed by atoms with Crippen molar-refractivity contribution in [2.24, 2.45) is 0 Å². The van der Waals surface area contributed by atoms with Gasteiger partial charge in [-0.2, -0.15) is 0 Å². The summed E-state index contributed by atoms with van der Waals surface area (Å²) in [4.78, 5) is 38.1. The number of ether oxygens (including phenoxy) is 3. The Hall–Kier alpha value is -2.11. The molecule has 0 radical (unpaired) electrons. The van der Waals surface area contributed by atoms with Gasteiger partial charge in [0.15, 0.2) is 6.10 Å². The fraction of sp³-hybridized carbons (Fsp3) is 0.883. The maximum atomic E-state index is 12.9. The van der Waals surface area contributed by atoms with E-state index in [-0.39, 0.29) is 31.1 Å². The molecule has 0 aromatic carbocycles. The Morgan fingerprint density at radius 2 is 0.561 bits per heavy atom. The molecule has 0 aliphatic carbocycles. The summed E-state index contributed by atoms with van der Waals surface area (Å²) in [7, 11) is 0. The molecule has 0 N–H and O–H groups in total. The van der Waals surface area contributed by atoms with E-state index in [2.05, 4.69) is 45.1 Å². The normalized spacial score (nSPS) is 12.1. The van der Waals surface area contributed by atoms with Crippen molar-refractivity contribution < 1.29 is 28.6 Å². The summed E-state index contributed by atoms with van der Waals surface area (Å²) in [5.74, 6) is -0.862. The molecule has 0 bridgehead atoms. The van der Waals surface area contributed by atoms with Gasteiger partial charge in [-0.15, -0.1) is 0 Å². The van der Waals surface area contributed by atoms with Crippen LogP contribution in [0.3, 0.4) is 0 Å². The van der Waals surface area contributed by atoms with Crippen LogP contribution in [0, 0.1) is 0 Å². The lowest BCUT2D eigenvalue weighted by Gasteiger charge is -2.18. The number of esters is 3. The maximum Gasteiger partial charge on any atom is 0.306 e. The minimum absolute atomic E-state index is 0.0700. The third-order valence-electron chi connectivity index (χ3n) is 13.2. The van der Waals surface area contributed by atoms with E-state index in [1.807, 2.05) is 0 Å². The Labute approximate surface area is 411 Å². The van der Waals surface area contributed by atoms with Crippen LogP contribution in [-0.2, 0) is 28.6 Å². The van der Waals surface area contributed by atoms with Crippen LogP contribution in [0.4, 0.5) is 0 Å². The molecule has 0 aromatic heterocycles. The van der Waals surface area contributed by atoms with Crippen molar-refractivity contribution in [3.8, 4) is 0 Å². The van der Waals surface area contributed by atoms with E-state index >= 15 is 0 Å². The predicted molar refractivity (Wildman–Crippen MR) is 284 cm³/mol. The summed E-state index contributed by atoms with van der Waals surface area (Å²) in [6.45, 7) is 6.64. The minimum Gasteiger partial charge on any atom is -0.462 e. The average molecular weight is 930 g/mol. The van der Waals surface area contributed by atoms with Gasteiger partial charge in [-0.05, 0) is 44.9 Å². The quantitative estimate of drug-likeness (QED) is 0.0262. The molecule has 0 saturated carbocycles. The van der Waals surface area contributed by atoms with Crippen molar-refractivity contribution >= 4 is 17.9 Å². The first-order chi connectivity index (χ1) is 32.5. The Morgan fingerprint density at radius 3 is 0.879 bits per heavy atom. The van der Waals surface area contributed by atoms with Gasteiger partial charge >= 0.3 is 17.9 Å². The highest BCUT2D eigenvalue weighted by atomic mass is 16.6. The van der Waals surface area contributed by atoms with Crippen molar-refractivity contribution in [2.45, 2.75) is 329 Å². The van der Waals surface area contributed by atoms with E-state index in [1.54, 1.807) is 0 Å². The third-order valence-corrected chi connectivity index (χ3v) is 13.2. The molecule has 0 saturated heterocycles. The van der Waals surface area contributed by atoms with Gasteiger partial charge in [-0.25, -0.2) is 0 Å². The molecule has 0 fully saturated rings. The van der Waals surface area contributed by atoms with Crippen LogP contribution in [0.1, 0.15) is 323 Å². The van der Waals surface area contributed by atoms with Gasteiger partial charge in [-0.1, -0.05) is 283 Å². The van der Waals surface area contributed by atoms with E-state index < -0.39 is 6.10 Å². The largest absolute Gasteiger partial charge is 0.462 e. The van der Waals surface area contributed by atoms with Gasteiger partial charge in [-0.3, -0.25) is 14.4 Å². The minimum atomic E-state index is -0.772. The summed E-state index contributed by atoms with van der Waals surface area (Å²) in [6, 6.07) is 0. The molecular weight excluding hydrogens is 817 g/mol. The maximum absolute atomic E-state index is 12.9. The van der Waals surface area contributed by atoms with Crippen molar-refractivity contribution in [3.63, 3.8) is 0 Å². The fourth-order valence-corrected chi connectivity index (χ4v) is 8.76. The van der Waals surface area contributed by atoms with Crippen LogP contribution >= 0.6 is 0 Å². The first-order valence-corrected chi connectivity index (χ1v) is 29.3. The average Bonchev–Trinajstić information content (AvgIpc) is 3.31. The van der Waals surface area contributed by atoms with Crippen LogP contribution in [0.2, 0.25) is 0 Å². The Balaban J connectivity index is 4.32. The molecule has 0 aromatic rings. The lowest BCUT2D eigenvalue weighted by molar-refractivity contribution is -0.167. The molecule has 0 rings (SSSR count). The van der Waals surface area contributed by atoms with E-state index in [9.17, 15) is 14.4 Å². The molecule has 6 nitrogen and oxygen atoms in total. The number of unbranched alkanes of at least 4 members (excludes halogenated alkanes) is 39. The van der Waals surface area contributed by atoms with E-state index in [1.165, 1.54) is 205 Å². The van der Waals surface area contributed by atoms with Crippen molar-refractivity contribution in [2.75, 3.05) is 13.2 Å². The second kappa shape index (κ2) is 55.5. The van der Waals surface area contributed by atoms with Crippen LogP contribution in [0.5, 0.6) is 0 Å². The van der Waals surface area contributed by atoms with Crippen molar-refractivity contribution in [1.82, 2.24) is 0 Å². The zero-order valence-corrected chi connectivity index (χ0v) is 44.5. The van der Waals surface area contributed by atoms with Gasteiger partial charge in [0.1, 0.15) is 13.2 Å². The topological polar surface area (TPSA) is 78.9 Å². The number of allylic oxidation sites excluding steroid dienone is 4. The number of rotatable bonds is 54.